The third-order valence-corrected chi connectivity index (χ3v) is 3.29. The van der Waals surface area contributed by atoms with Crippen LogP contribution in [0.3, 0.4) is 0 Å². The molecule has 1 N–H and O–H groups in total. The number of nitrogens with zero attached hydrogens (tertiary/aromatic N) is 1. The minimum Gasteiger partial charge on any atom is -0.369 e. The summed E-state index contributed by atoms with van der Waals surface area (Å²) in [7, 11) is 0. The van der Waals surface area contributed by atoms with Crippen molar-refractivity contribution in [2.24, 2.45) is 0 Å². The second-order valence-electron chi connectivity index (χ2n) is 5.18. The minimum atomic E-state index is -0.0317. The van der Waals surface area contributed by atoms with Gasteiger partial charge in [0.15, 0.2) is 0 Å². The van der Waals surface area contributed by atoms with Crippen LogP contribution in [0.1, 0.15) is 41.0 Å². The molecule has 0 bridgehead atoms. The van der Waals surface area contributed by atoms with Crippen LogP contribution in [0.5, 0.6) is 0 Å². The van der Waals surface area contributed by atoms with E-state index in [0.717, 1.165) is 24.2 Å². The number of nitrogens with one attached hydrogen (secondary N) is 1. The first-order valence-corrected chi connectivity index (χ1v) is 7.34. The third-order valence-electron chi connectivity index (χ3n) is 3.29. The van der Waals surface area contributed by atoms with Gasteiger partial charge in [-0.3, -0.25) is 4.79 Å². The zero-order chi connectivity index (χ0) is 15.1. The summed E-state index contributed by atoms with van der Waals surface area (Å²) in [6.45, 7) is 11.3. The van der Waals surface area contributed by atoms with Gasteiger partial charge in [0.05, 0.1) is 0 Å². The lowest BCUT2D eigenvalue weighted by Crippen LogP contribution is -2.30. The summed E-state index contributed by atoms with van der Waals surface area (Å²) in [5.41, 5.74) is 2.78. The van der Waals surface area contributed by atoms with Gasteiger partial charge in [0.1, 0.15) is 0 Å². The van der Waals surface area contributed by atoms with Gasteiger partial charge in [-0.1, -0.05) is 13.0 Å². The lowest BCUT2D eigenvalue weighted by molar-refractivity contribution is -0.112. The number of hydrogen-bond donors (Lipinski definition) is 1. The van der Waals surface area contributed by atoms with Crippen molar-refractivity contribution in [3.05, 3.63) is 35.9 Å². The van der Waals surface area contributed by atoms with Gasteiger partial charge in [0.25, 0.3) is 5.91 Å². The smallest absolute Gasteiger partial charge is 0.250 e. The van der Waals surface area contributed by atoms with Crippen LogP contribution in [-0.2, 0) is 4.79 Å². The predicted octanol–water partition coefficient (Wildman–Crippen LogP) is 4.22. The maximum atomic E-state index is 11.9. The van der Waals surface area contributed by atoms with Crippen molar-refractivity contribution in [2.75, 3.05) is 16.8 Å². The molecule has 0 fully saturated rings. The van der Waals surface area contributed by atoms with Gasteiger partial charge in [0.2, 0.25) is 0 Å². The Kier molecular flexibility index (Phi) is 6.29. The van der Waals surface area contributed by atoms with Crippen molar-refractivity contribution in [1.82, 2.24) is 0 Å². The number of anilines is 2. The molecule has 0 aliphatic rings. The normalized spacial score (nSPS) is 11.6. The molecule has 0 heterocycles. The number of carbonyl (C=O) groups excluding carboxylic acids is 1. The monoisotopic (exact) mass is 274 g/mol. The van der Waals surface area contributed by atoms with Crippen molar-refractivity contribution in [3.8, 4) is 0 Å². The minimum absolute atomic E-state index is 0.0317. The van der Waals surface area contributed by atoms with E-state index in [9.17, 15) is 4.79 Å². The Morgan fingerprint density at radius 1 is 1.25 bits per heavy atom. The molecular formula is C17H26N2O. The van der Waals surface area contributed by atoms with Gasteiger partial charge in [-0.05, 0) is 58.4 Å². The number of carbonyl (C=O) groups is 1. The maximum absolute atomic E-state index is 11.9. The van der Waals surface area contributed by atoms with Gasteiger partial charge in [0, 0.05) is 29.5 Å². The molecule has 0 aliphatic carbocycles. The van der Waals surface area contributed by atoms with Crippen LogP contribution < -0.4 is 10.2 Å². The summed E-state index contributed by atoms with van der Waals surface area (Å²) in [5.74, 6) is -0.0317. The topological polar surface area (TPSA) is 32.3 Å². The van der Waals surface area contributed by atoms with Crippen molar-refractivity contribution < 1.29 is 4.79 Å². The van der Waals surface area contributed by atoms with Crippen molar-refractivity contribution >= 4 is 17.3 Å². The summed E-state index contributed by atoms with van der Waals surface area (Å²) >= 11 is 0. The van der Waals surface area contributed by atoms with Gasteiger partial charge in [-0.2, -0.15) is 0 Å². The van der Waals surface area contributed by atoms with Gasteiger partial charge in [-0.25, -0.2) is 0 Å². The quantitative estimate of drug-likeness (QED) is 0.788. The molecule has 0 saturated heterocycles. The van der Waals surface area contributed by atoms with Crippen LogP contribution in [-0.4, -0.2) is 18.5 Å². The largest absolute Gasteiger partial charge is 0.369 e. The average molecular weight is 274 g/mol. The van der Waals surface area contributed by atoms with Crippen LogP contribution in [0.25, 0.3) is 0 Å². The summed E-state index contributed by atoms with van der Waals surface area (Å²) in [6, 6.07) is 8.49. The zero-order valence-corrected chi connectivity index (χ0v) is 13.2. The van der Waals surface area contributed by atoms with E-state index in [0.29, 0.717) is 6.04 Å². The Morgan fingerprint density at radius 3 is 2.30 bits per heavy atom. The number of hydrogen-bond acceptors (Lipinski definition) is 2. The van der Waals surface area contributed by atoms with Crippen molar-refractivity contribution in [2.45, 2.75) is 47.1 Å². The number of rotatable bonds is 6. The average Bonchev–Trinajstić information content (AvgIpc) is 2.41. The van der Waals surface area contributed by atoms with Gasteiger partial charge < -0.3 is 10.2 Å². The fraction of sp³-hybridized carbons (Fsp3) is 0.471. The number of amides is 1. The molecule has 0 atom stereocenters. The highest BCUT2D eigenvalue weighted by Crippen LogP contribution is 2.20. The Labute approximate surface area is 122 Å². The Hall–Kier alpha value is -1.77. The first kappa shape index (κ1) is 16.3. The first-order valence-electron chi connectivity index (χ1n) is 7.34. The van der Waals surface area contributed by atoms with Crippen LogP contribution in [0.15, 0.2) is 35.9 Å². The second kappa shape index (κ2) is 7.73. The Bertz CT molecular complexity index is 460. The molecule has 1 aromatic rings. The van der Waals surface area contributed by atoms with E-state index in [1.165, 1.54) is 5.69 Å². The molecule has 0 unspecified atom stereocenters. The van der Waals surface area contributed by atoms with Crippen LogP contribution in [0, 0.1) is 0 Å². The molecular weight excluding hydrogens is 248 g/mol. The fourth-order valence-corrected chi connectivity index (χ4v) is 2.21. The Balaban J connectivity index is 2.77. The van der Waals surface area contributed by atoms with Crippen LogP contribution in [0.4, 0.5) is 11.4 Å². The van der Waals surface area contributed by atoms with E-state index < -0.39 is 0 Å². The molecule has 20 heavy (non-hydrogen) atoms. The fourth-order valence-electron chi connectivity index (χ4n) is 2.21. The van der Waals surface area contributed by atoms with E-state index in [-0.39, 0.29) is 5.91 Å². The van der Waals surface area contributed by atoms with Crippen molar-refractivity contribution in [3.63, 3.8) is 0 Å². The first-order chi connectivity index (χ1) is 9.49. The van der Waals surface area contributed by atoms with Crippen LogP contribution >= 0.6 is 0 Å². The molecule has 110 valence electrons. The SMILES string of the molecule is CCC=C(C)C(=O)Nc1ccc(N(CC)C(C)C)cc1. The highest BCUT2D eigenvalue weighted by atomic mass is 16.1. The van der Waals surface area contributed by atoms with Crippen LogP contribution in [0.2, 0.25) is 0 Å². The third kappa shape index (κ3) is 4.41. The molecule has 0 aliphatic heterocycles. The molecule has 1 aromatic carbocycles. The zero-order valence-electron chi connectivity index (χ0n) is 13.2. The van der Waals surface area contributed by atoms with E-state index in [1.807, 2.05) is 32.1 Å². The molecule has 0 spiro atoms. The summed E-state index contributed by atoms with van der Waals surface area (Å²) in [5, 5.41) is 2.91. The summed E-state index contributed by atoms with van der Waals surface area (Å²) in [4.78, 5) is 14.2. The molecule has 0 aromatic heterocycles. The molecule has 1 amide bonds. The summed E-state index contributed by atoms with van der Waals surface area (Å²) < 4.78 is 0. The van der Waals surface area contributed by atoms with Gasteiger partial charge in [-0.15, -0.1) is 0 Å². The standard InChI is InChI=1S/C17H26N2O/c1-6-8-14(5)17(20)18-15-9-11-16(12-10-15)19(7-2)13(3)4/h8-13H,6-7H2,1-5H3,(H,18,20). The highest BCUT2D eigenvalue weighted by molar-refractivity contribution is 6.03. The number of benzene rings is 1. The lowest BCUT2D eigenvalue weighted by Gasteiger charge is -2.27. The summed E-state index contributed by atoms with van der Waals surface area (Å²) in [6.07, 6.45) is 2.80. The predicted molar refractivity (Wildman–Crippen MR) is 87.3 cm³/mol. The molecule has 0 saturated carbocycles. The van der Waals surface area contributed by atoms with E-state index in [2.05, 4.69) is 43.1 Å². The second-order valence-corrected chi connectivity index (χ2v) is 5.18. The molecule has 3 nitrogen and oxygen atoms in total. The van der Waals surface area contributed by atoms with Crippen molar-refractivity contribution in [1.29, 1.82) is 0 Å². The molecule has 3 heteroatoms. The molecule has 0 radical (unpaired) electrons. The van der Waals surface area contributed by atoms with Gasteiger partial charge >= 0.3 is 0 Å². The highest BCUT2D eigenvalue weighted by Gasteiger charge is 2.09. The van der Waals surface area contributed by atoms with E-state index >= 15 is 0 Å². The maximum Gasteiger partial charge on any atom is 0.250 e. The lowest BCUT2D eigenvalue weighted by atomic mass is 10.2. The van der Waals surface area contributed by atoms with E-state index in [4.69, 9.17) is 0 Å². The molecule has 1 rings (SSSR count). The number of allylic oxidation sites excluding steroid dienone is 1. The Morgan fingerprint density at radius 2 is 1.85 bits per heavy atom. The van der Waals surface area contributed by atoms with E-state index in [1.54, 1.807) is 0 Å².